The maximum absolute atomic E-state index is 12.4. The second-order valence-corrected chi connectivity index (χ2v) is 7.67. The lowest BCUT2D eigenvalue weighted by atomic mass is 9.78. The zero-order chi connectivity index (χ0) is 17.0. The van der Waals surface area contributed by atoms with Crippen LogP contribution >= 0.6 is 0 Å². The molecule has 0 aromatic carbocycles. The van der Waals surface area contributed by atoms with Crippen LogP contribution < -0.4 is 10.6 Å². The molecule has 2 heterocycles. The number of piperidine rings is 1. The summed E-state index contributed by atoms with van der Waals surface area (Å²) in [5.41, 5.74) is 0.199. The highest BCUT2D eigenvalue weighted by Gasteiger charge is 2.34. The second kappa shape index (κ2) is 7.72. The van der Waals surface area contributed by atoms with Gasteiger partial charge in [0.25, 0.3) is 0 Å². The number of nitrogens with one attached hydrogen (secondary N) is 2. The van der Waals surface area contributed by atoms with Crippen molar-refractivity contribution in [1.82, 2.24) is 15.5 Å². The van der Waals surface area contributed by atoms with Gasteiger partial charge >= 0.3 is 6.03 Å². The molecule has 3 aliphatic rings. The third kappa shape index (κ3) is 4.41. The Morgan fingerprint density at radius 1 is 1.12 bits per heavy atom. The van der Waals surface area contributed by atoms with Crippen molar-refractivity contribution < 1.29 is 14.3 Å². The van der Waals surface area contributed by atoms with E-state index >= 15 is 0 Å². The van der Waals surface area contributed by atoms with Gasteiger partial charge in [-0.15, -0.1) is 0 Å². The number of ether oxygens (including phenoxy) is 1. The van der Waals surface area contributed by atoms with Gasteiger partial charge in [-0.25, -0.2) is 4.79 Å². The standard InChI is InChI=1S/C18H31N3O3/c1-2-18(7-11-24-12-8-18)13-19-17(23)21-9-5-15(6-10-21)20-16(22)14-3-4-14/h14-15H,2-13H2,1H3,(H,19,23)(H,20,22). The number of likely N-dealkylation sites (tertiary alicyclic amines) is 1. The molecule has 2 aliphatic heterocycles. The van der Waals surface area contributed by atoms with Crippen LogP contribution in [0.1, 0.15) is 51.9 Å². The molecule has 0 spiro atoms. The van der Waals surface area contributed by atoms with Crippen LogP contribution in [-0.2, 0) is 9.53 Å². The van der Waals surface area contributed by atoms with E-state index in [0.29, 0.717) is 0 Å². The molecule has 0 atom stereocenters. The molecule has 24 heavy (non-hydrogen) atoms. The zero-order valence-corrected chi connectivity index (χ0v) is 14.8. The van der Waals surface area contributed by atoms with Crippen molar-refractivity contribution in [2.24, 2.45) is 11.3 Å². The largest absolute Gasteiger partial charge is 0.381 e. The minimum Gasteiger partial charge on any atom is -0.381 e. The maximum atomic E-state index is 12.4. The lowest BCUT2D eigenvalue weighted by Gasteiger charge is -2.38. The summed E-state index contributed by atoms with van der Waals surface area (Å²) in [4.78, 5) is 26.2. The van der Waals surface area contributed by atoms with E-state index in [-0.39, 0.29) is 29.3 Å². The average Bonchev–Trinajstić information content (AvgIpc) is 3.46. The molecule has 0 bridgehead atoms. The minimum atomic E-state index is 0.0429. The van der Waals surface area contributed by atoms with E-state index in [1.807, 2.05) is 4.90 Å². The van der Waals surface area contributed by atoms with E-state index < -0.39 is 0 Å². The number of carbonyl (C=O) groups excluding carboxylic acids is 2. The van der Waals surface area contributed by atoms with Crippen molar-refractivity contribution in [1.29, 1.82) is 0 Å². The first-order chi connectivity index (χ1) is 11.6. The van der Waals surface area contributed by atoms with E-state index in [1.165, 1.54) is 0 Å². The molecular weight excluding hydrogens is 306 g/mol. The molecule has 2 N–H and O–H groups in total. The van der Waals surface area contributed by atoms with E-state index in [2.05, 4.69) is 17.6 Å². The van der Waals surface area contributed by atoms with E-state index in [4.69, 9.17) is 4.74 Å². The monoisotopic (exact) mass is 337 g/mol. The third-order valence-corrected chi connectivity index (χ3v) is 5.99. The van der Waals surface area contributed by atoms with E-state index in [0.717, 1.165) is 77.8 Å². The number of amides is 3. The van der Waals surface area contributed by atoms with Crippen LogP contribution in [0.5, 0.6) is 0 Å². The van der Waals surface area contributed by atoms with E-state index in [1.54, 1.807) is 0 Å². The number of urea groups is 1. The molecular formula is C18H31N3O3. The Hall–Kier alpha value is -1.30. The van der Waals surface area contributed by atoms with Crippen LogP contribution in [-0.4, -0.2) is 55.7 Å². The van der Waals surface area contributed by atoms with Crippen molar-refractivity contribution >= 4 is 11.9 Å². The molecule has 0 aromatic rings. The molecule has 3 amide bonds. The summed E-state index contributed by atoms with van der Waals surface area (Å²) in [5.74, 6) is 0.471. The number of hydrogen-bond donors (Lipinski definition) is 2. The predicted molar refractivity (Wildman–Crippen MR) is 91.6 cm³/mol. The Labute approximate surface area is 144 Å². The molecule has 3 fully saturated rings. The summed E-state index contributed by atoms with van der Waals surface area (Å²) in [6.45, 7) is 5.99. The Kier molecular flexibility index (Phi) is 5.64. The molecule has 6 nitrogen and oxygen atoms in total. The van der Waals surface area contributed by atoms with Gasteiger partial charge in [-0.05, 0) is 50.4 Å². The highest BCUT2D eigenvalue weighted by Crippen LogP contribution is 2.33. The first-order valence-corrected chi connectivity index (χ1v) is 9.53. The van der Waals surface area contributed by atoms with Crippen molar-refractivity contribution in [3.05, 3.63) is 0 Å². The number of hydrogen-bond acceptors (Lipinski definition) is 3. The summed E-state index contributed by atoms with van der Waals surface area (Å²) in [6.07, 6.45) is 6.93. The number of nitrogens with zero attached hydrogens (tertiary/aromatic N) is 1. The first-order valence-electron chi connectivity index (χ1n) is 9.53. The van der Waals surface area contributed by atoms with Gasteiger partial charge in [-0.3, -0.25) is 4.79 Å². The number of rotatable bonds is 5. The topological polar surface area (TPSA) is 70.7 Å². The molecule has 136 valence electrons. The van der Waals surface area contributed by atoms with Gasteiger partial charge in [-0.2, -0.15) is 0 Å². The highest BCUT2D eigenvalue weighted by atomic mass is 16.5. The normalized spacial score (nSPS) is 24.5. The SMILES string of the molecule is CCC1(CNC(=O)N2CCC(NC(=O)C3CC3)CC2)CCOCC1. The van der Waals surface area contributed by atoms with Crippen LogP contribution in [0.2, 0.25) is 0 Å². The summed E-state index contributed by atoms with van der Waals surface area (Å²) in [5, 5.41) is 6.27. The van der Waals surface area contributed by atoms with Gasteiger partial charge < -0.3 is 20.3 Å². The van der Waals surface area contributed by atoms with Gasteiger partial charge in [0.1, 0.15) is 0 Å². The summed E-state index contributed by atoms with van der Waals surface area (Å²) >= 11 is 0. The first kappa shape index (κ1) is 17.5. The predicted octanol–water partition coefficient (Wildman–Crippen LogP) is 1.89. The Balaban J connectivity index is 1.39. The maximum Gasteiger partial charge on any atom is 0.317 e. The number of carbonyl (C=O) groups is 2. The Bertz CT molecular complexity index is 450. The summed E-state index contributed by atoms with van der Waals surface area (Å²) < 4.78 is 5.46. The molecule has 6 heteroatoms. The van der Waals surface area contributed by atoms with Crippen molar-refractivity contribution in [2.75, 3.05) is 32.8 Å². The Morgan fingerprint density at radius 3 is 2.38 bits per heavy atom. The third-order valence-electron chi connectivity index (χ3n) is 5.99. The fourth-order valence-electron chi connectivity index (χ4n) is 3.73. The lowest BCUT2D eigenvalue weighted by molar-refractivity contribution is -0.123. The molecule has 0 radical (unpaired) electrons. The van der Waals surface area contributed by atoms with Crippen LogP contribution in [0.4, 0.5) is 4.79 Å². The Morgan fingerprint density at radius 2 is 1.79 bits per heavy atom. The van der Waals surface area contributed by atoms with Crippen molar-refractivity contribution in [2.45, 2.75) is 57.9 Å². The van der Waals surface area contributed by atoms with Crippen LogP contribution in [0.3, 0.4) is 0 Å². The molecule has 3 rings (SSSR count). The van der Waals surface area contributed by atoms with E-state index in [9.17, 15) is 9.59 Å². The summed E-state index contributed by atoms with van der Waals surface area (Å²) in [7, 11) is 0. The van der Waals surface area contributed by atoms with Crippen molar-refractivity contribution in [3.8, 4) is 0 Å². The van der Waals surface area contributed by atoms with Gasteiger partial charge in [0, 0.05) is 44.8 Å². The molecule has 0 unspecified atom stereocenters. The van der Waals surface area contributed by atoms with Crippen LogP contribution in [0, 0.1) is 11.3 Å². The fourth-order valence-corrected chi connectivity index (χ4v) is 3.73. The minimum absolute atomic E-state index is 0.0429. The zero-order valence-electron chi connectivity index (χ0n) is 14.8. The van der Waals surface area contributed by atoms with Gasteiger partial charge in [0.15, 0.2) is 0 Å². The smallest absolute Gasteiger partial charge is 0.317 e. The fraction of sp³-hybridized carbons (Fsp3) is 0.889. The molecule has 1 aliphatic carbocycles. The molecule has 2 saturated heterocycles. The average molecular weight is 337 g/mol. The summed E-state index contributed by atoms with van der Waals surface area (Å²) in [6, 6.07) is 0.279. The van der Waals surface area contributed by atoms with Crippen molar-refractivity contribution in [3.63, 3.8) is 0 Å². The van der Waals surface area contributed by atoms with Gasteiger partial charge in [0.2, 0.25) is 5.91 Å². The molecule has 1 saturated carbocycles. The van der Waals surface area contributed by atoms with Gasteiger partial charge in [-0.1, -0.05) is 6.92 Å². The molecule has 0 aromatic heterocycles. The van der Waals surface area contributed by atoms with Crippen LogP contribution in [0.15, 0.2) is 0 Å². The van der Waals surface area contributed by atoms with Crippen LogP contribution in [0.25, 0.3) is 0 Å². The quantitative estimate of drug-likeness (QED) is 0.805. The van der Waals surface area contributed by atoms with Gasteiger partial charge in [0.05, 0.1) is 0 Å². The highest BCUT2D eigenvalue weighted by molar-refractivity contribution is 5.81. The second-order valence-electron chi connectivity index (χ2n) is 7.67. The lowest BCUT2D eigenvalue weighted by Crippen LogP contribution is -2.51.